The van der Waals surface area contributed by atoms with Crippen LogP contribution >= 0.6 is 11.6 Å². The topological polar surface area (TPSA) is 58.6 Å². The van der Waals surface area contributed by atoms with Gasteiger partial charge in [-0.25, -0.2) is 0 Å². The van der Waals surface area contributed by atoms with Crippen LogP contribution in [0.15, 0.2) is 72.8 Å². The molecule has 3 aromatic carbocycles. The minimum absolute atomic E-state index is 0.166. The summed E-state index contributed by atoms with van der Waals surface area (Å²) in [4.78, 5) is 28.2. The molecule has 0 aliphatic carbocycles. The Morgan fingerprint density at radius 1 is 0.941 bits per heavy atom. The fourth-order valence-corrected chi connectivity index (χ4v) is 3.79. The Kier molecular flexibility index (Phi) is 9.11. The molecule has 0 fully saturated rings. The lowest BCUT2D eigenvalue weighted by molar-refractivity contribution is -0.142. The molecule has 5 nitrogen and oxygen atoms in total. The standard InChI is InChI=1S/C28H31ClN2O3/c1-4-30-28(33)26(17-22-8-6-5-7-9-22)31(18-23-11-13-24(29)14-12-23)27(32)19-34-25-15-10-20(2)21(3)16-25/h5-16,26H,4,17-19H2,1-3H3,(H,30,33)/t26-/m0/s1. The van der Waals surface area contributed by atoms with Crippen molar-refractivity contribution in [3.05, 3.63) is 100 Å². The number of nitrogens with one attached hydrogen (secondary N) is 1. The van der Waals surface area contributed by atoms with Crippen LogP contribution in [0.5, 0.6) is 5.75 Å². The van der Waals surface area contributed by atoms with Crippen LogP contribution in [0.25, 0.3) is 0 Å². The van der Waals surface area contributed by atoms with Crippen LogP contribution in [0.4, 0.5) is 0 Å². The van der Waals surface area contributed by atoms with Crippen molar-refractivity contribution in [2.45, 2.75) is 39.8 Å². The fraction of sp³-hybridized carbons (Fsp3) is 0.286. The van der Waals surface area contributed by atoms with Crippen molar-refractivity contribution in [2.24, 2.45) is 0 Å². The molecule has 0 heterocycles. The predicted molar refractivity (Wildman–Crippen MR) is 136 cm³/mol. The van der Waals surface area contributed by atoms with E-state index in [1.165, 1.54) is 0 Å². The molecule has 0 saturated heterocycles. The molecule has 0 radical (unpaired) electrons. The van der Waals surface area contributed by atoms with E-state index < -0.39 is 6.04 Å². The number of aryl methyl sites for hydroxylation is 2. The number of rotatable bonds is 10. The number of benzene rings is 3. The van der Waals surface area contributed by atoms with Gasteiger partial charge < -0.3 is 15.0 Å². The molecule has 0 aliphatic rings. The molecule has 0 unspecified atom stereocenters. The average molecular weight is 479 g/mol. The number of hydrogen-bond acceptors (Lipinski definition) is 3. The monoisotopic (exact) mass is 478 g/mol. The van der Waals surface area contributed by atoms with Crippen molar-refractivity contribution in [2.75, 3.05) is 13.2 Å². The van der Waals surface area contributed by atoms with Crippen LogP contribution in [0.2, 0.25) is 5.02 Å². The third-order valence-corrected chi connectivity index (χ3v) is 5.98. The largest absolute Gasteiger partial charge is 0.484 e. The molecule has 34 heavy (non-hydrogen) atoms. The first kappa shape index (κ1) is 25.3. The summed E-state index contributed by atoms with van der Waals surface area (Å²) in [5.41, 5.74) is 4.10. The highest BCUT2D eigenvalue weighted by molar-refractivity contribution is 6.30. The molecular formula is C28H31ClN2O3. The smallest absolute Gasteiger partial charge is 0.261 e. The molecule has 2 amide bonds. The van der Waals surface area contributed by atoms with Crippen LogP contribution in [0.1, 0.15) is 29.2 Å². The van der Waals surface area contributed by atoms with Crippen molar-refractivity contribution in [3.63, 3.8) is 0 Å². The van der Waals surface area contributed by atoms with Gasteiger partial charge in [-0.2, -0.15) is 0 Å². The van der Waals surface area contributed by atoms with E-state index in [1.807, 2.05) is 81.4 Å². The van der Waals surface area contributed by atoms with Crippen molar-refractivity contribution >= 4 is 23.4 Å². The molecular weight excluding hydrogens is 448 g/mol. The molecule has 0 aromatic heterocycles. The normalized spacial score (nSPS) is 11.5. The molecule has 6 heteroatoms. The third kappa shape index (κ3) is 7.09. The van der Waals surface area contributed by atoms with E-state index in [0.717, 1.165) is 22.3 Å². The summed E-state index contributed by atoms with van der Waals surface area (Å²) in [7, 11) is 0. The summed E-state index contributed by atoms with van der Waals surface area (Å²) in [5, 5.41) is 3.50. The van der Waals surface area contributed by atoms with E-state index in [1.54, 1.807) is 17.0 Å². The second-order valence-electron chi connectivity index (χ2n) is 8.28. The third-order valence-electron chi connectivity index (χ3n) is 5.73. The highest BCUT2D eigenvalue weighted by Gasteiger charge is 2.30. The lowest BCUT2D eigenvalue weighted by Gasteiger charge is -2.31. The van der Waals surface area contributed by atoms with E-state index in [0.29, 0.717) is 23.7 Å². The van der Waals surface area contributed by atoms with Gasteiger partial charge >= 0.3 is 0 Å². The molecule has 1 N–H and O–H groups in total. The summed E-state index contributed by atoms with van der Waals surface area (Å²) in [6.07, 6.45) is 0.398. The first-order valence-corrected chi connectivity index (χ1v) is 11.8. The Bertz CT molecular complexity index is 1100. The van der Waals surface area contributed by atoms with E-state index in [9.17, 15) is 9.59 Å². The first-order chi connectivity index (χ1) is 16.4. The number of halogens is 1. The minimum Gasteiger partial charge on any atom is -0.484 e. The van der Waals surface area contributed by atoms with Crippen LogP contribution in [0, 0.1) is 13.8 Å². The van der Waals surface area contributed by atoms with Gasteiger partial charge in [0.05, 0.1) is 0 Å². The van der Waals surface area contributed by atoms with Crippen LogP contribution in [-0.2, 0) is 22.6 Å². The zero-order chi connectivity index (χ0) is 24.5. The van der Waals surface area contributed by atoms with E-state index in [2.05, 4.69) is 5.32 Å². The molecule has 178 valence electrons. The summed E-state index contributed by atoms with van der Waals surface area (Å²) >= 11 is 6.05. The maximum absolute atomic E-state index is 13.5. The molecule has 0 saturated carbocycles. The van der Waals surface area contributed by atoms with Gasteiger partial charge in [0.2, 0.25) is 5.91 Å². The molecule has 0 spiro atoms. The predicted octanol–water partition coefficient (Wildman–Crippen LogP) is 5.11. The summed E-state index contributed by atoms with van der Waals surface area (Å²) in [6.45, 7) is 6.47. The van der Waals surface area contributed by atoms with E-state index >= 15 is 0 Å². The lowest BCUT2D eigenvalue weighted by Crippen LogP contribution is -2.51. The number of amides is 2. The number of carbonyl (C=O) groups is 2. The van der Waals surface area contributed by atoms with Crippen molar-refractivity contribution in [1.82, 2.24) is 10.2 Å². The maximum atomic E-state index is 13.5. The van der Waals surface area contributed by atoms with Gasteiger partial charge in [0.15, 0.2) is 6.61 Å². The summed E-state index contributed by atoms with van der Waals surface area (Å²) < 4.78 is 5.84. The van der Waals surface area contributed by atoms with Crippen molar-refractivity contribution in [1.29, 1.82) is 0 Å². The van der Waals surface area contributed by atoms with Crippen molar-refractivity contribution in [3.8, 4) is 5.75 Å². The zero-order valence-corrected chi connectivity index (χ0v) is 20.6. The molecule has 1 atom stereocenters. The lowest BCUT2D eigenvalue weighted by atomic mass is 10.0. The van der Waals surface area contributed by atoms with E-state index in [-0.39, 0.29) is 25.0 Å². The van der Waals surface area contributed by atoms with Gasteiger partial charge in [0, 0.05) is 24.5 Å². The highest BCUT2D eigenvalue weighted by Crippen LogP contribution is 2.19. The molecule has 3 rings (SSSR count). The fourth-order valence-electron chi connectivity index (χ4n) is 3.66. The van der Waals surface area contributed by atoms with Crippen LogP contribution in [-0.4, -0.2) is 35.9 Å². The first-order valence-electron chi connectivity index (χ1n) is 11.4. The minimum atomic E-state index is -0.686. The van der Waals surface area contributed by atoms with Gasteiger partial charge in [-0.05, 0) is 67.3 Å². The summed E-state index contributed by atoms with van der Waals surface area (Å²) in [5.74, 6) is 0.167. The van der Waals surface area contributed by atoms with E-state index in [4.69, 9.17) is 16.3 Å². The summed E-state index contributed by atoms with van der Waals surface area (Å²) in [6, 6.07) is 22.0. The molecule has 3 aromatic rings. The second kappa shape index (κ2) is 12.2. The zero-order valence-electron chi connectivity index (χ0n) is 19.9. The van der Waals surface area contributed by atoms with Crippen LogP contribution in [0.3, 0.4) is 0 Å². The second-order valence-corrected chi connectivity index (χ2v) is 8.72. The number of ether oxygens (including phenoxy) is 1. The number of carbonyl (C=O) groups excluding carboxylic acids is 2. The van der Waals surface area contributed by atoms with Crippen molar-refractivity contribution < 1.29 is 14.3 Å². The number of hydrogen-bond donors (Lipinski definition) is 1. The van der Waals surface area contributed by atoms with Gasteiger partial charge in [-0.15, -0.1) is 0 Å². The Morgan fingerprint density at radius 2 is 1.65 bits per heavy atom. The Morgan fingerprint density at radius 3 is 2.29 bits per heavy atom. The maximum Gasteiger partial charge on any atom is 0.261 e. The highest BCUT2D eigenvalue weighted by atomic mass is 35.5. The molecule has 0 aliphatic heterocycles. The van der Waals surface area contributed by atoms with Gasteiger partial charge in [0.1, 0.15) is 11.8 Å². The number of nitrogens with zero attached hydrogens (tertiary/aromatic N) is 1. The Labute approximate surface area is 206 Å². The SMILES string of the molecule is CCNC(=O)[C@H](Cc1ccccc1)N(Cc1ccc(Cl)cc1)C(=O)COc1ccc(C)c(C)c1. The molecule has 0 bridgehead atoms. The quantitative estimate of drug-likeness (QED) is 0.440. The van der Waals surface area contributed by atoms with Crippen LogP contribution < -0.4 is 10.1 Å². The van der Waals surface area contributed by atoms with Gasteiger partial charge in [0.25, 0.3) is 5.91 Å². The van der Waals surface area contributed by atoms with Gasteiger partial charge in [-0.1, -0.05) is 60.1 Å². The Hall–Kier alpha value is -3.31. The average Bonchev–Trinajstić information content (AvgIpc) is 2.84. The number of likely N-dealkylation sites (N-methyl/N-ethyl adjacent to an activating group) is 1. The van der Waals surface area contributed by atoms with Gasteiger partial charge in [-0.3, -0.25) is 9.59 Å². The Balaban J connectivity index is 1.88.